The number of hydrogen-bond acceptors (Lipinski definition) is 9. The van der Waals surface area contributed by atoms with Crippen LogP contribution in [0, 0.1) is 0 Å². The summed E-state index contributed by atoms with van der Waals surface area (Å²) in [6.45, 7) is 4.93. The van der Waals surface area contributed by atoms with Crippen molar-refractivity contribution in [3.63, 3.8) is 0 Å². The van der Waals surface area contributed by atoms with Gasteiger partial charge < -0.3 is 26.3 Å². The maximum atomic E-state index is 13.5. The standard InChI is InChI=1S/C22H23N7O3/c1-3-31-15-9-5-13(6-10-15)25-22-28-19-17(18(23)26-21(24)27-19)20(30)29(22)14-7-11-16(12-8-14)32-4-2/h5-12H,3-4H2,1-2H3,(H5,23,24,25,26,27,28). The Balaban J connectivity index is 1.87. The maximum Gasteiger partial charge on any atom is 0.272 e. The highest BCUT2D eigenvalue weighted by Gasteiger charge is 2.18. The van der Waals surface area contributed by atoms with Crippen LogP contribution in [-0.2, 0) is 0 Å². The van der Waals surface area contributed by atoms with Crippen molar-refractivity contribution < 1.29 is 9.47 Å². The Bertz CT molecular complexity index is 1300. The third-order valence-corrected chi connectivity index (χ3v) is 4.60. The second-order valence-corrected chi connectivity index (χ2v) is 6.75. The van der Waals surface area contributed by atoms with E-state index >= 15 is 0 Å². The second-order valence-electron chi connectivity index (χ2n) is 6.75. The molecule has 2 aromatic heterocycles. The van der Waals surface area contributed by atoms with Crippen LogP contribution in [0.3, 0.4) is 0 Å². The van der Waals surface area contributed by atoms with Crippen molar-refractivity contribution in [1.82, 2.24) is 19.5 Å². The first-order valence-electron chi connectivity index (χ1n) is 10.1. The van der Waals surface area contributed by atoms with Gasteiger partial charge in [0.2, 0.25) is 11.9 Å². The minimum absolute atomic E-state index is 0.0303. The maximum absolute atomic E-state index is 13.5. The summed E-state index contributed by atoms with van der Waals surface area (Å²) in [6, 6.07) is 14.4. The number of nitrogen functional groups attached to an aromatic ring is 2. The fraction of sp³-hybridized carbons (Fsp3) is 0.182. The van der Waals surface area contributed by atoms with Crippen molar-refractivity contribution in [2.45, 2.75) is 13.8 Å². The van der Waals surface area contributed by atoms with Crippen molar-refractivity contribution in [2.75, 3.05) is 30.0 Å². The molecule has 0 aliphatic heterocycles. The van der Waals surface area contributed by atoms with Gasteiger partial charge in [0.25, 0.3) is 5.56 Å². The van der Waals surface area contributed by atoms with Crippen molar-refractivity contribution in [1.29, 1.82) is 0 Å². The zero-order valence-electron chi connectivity index (χ0n) is 17.7. The largest absolute Gasteiger partial charge is 0.494 e. The molecule has 0 aliphatic rings. The summed E-state index contributed by atoms with van der Waals surface area (Å²) in [5.41, 5.74) is 12.6. The Morgan fingerprint density at radius 2 is 1.47 bits per heavy atom. The summed E-state index contributed by atoms with van der Waals surface area (Å²) in [5, 5.41) is 3.26. The molecule has 0 saturated carbocycles. The molecule has 0 aliphatic carbocycles. The van der Waals surface area contributed by atoms with Crippen LogP contribution in [0.1, 0.15) is 13.8 Å². The van der Waals surface area contributed by atoms with Crippen molar-refractivity contribution >= 4 is 34.4 Å². The van der Waals surface area contributed by atoms with Gasteiger partial charge in [-0.1, -0.05) is 0 Å². The molecule has 0 saturated heterocycles. The van der Waals surface area contributed by atoms with Crippen LogP contribution in [0.15, 0.2) is 53.3 Å². The minimum Gasteiger partial charge on any atom is -0.494 e. The summed E-state index contributed by atoms with van der Waals surface area (Å²) < 4.78 is 12.4. The molecular weight excluding hydrogens is 410 g/mol. The molecule has 10 nitrogen and oxygen atoms in total. The predicted molar refractivity (Wildman–Crippen MR) is 124 cm³/mol. The van der Waals surface area contributed by atoms with Gasteiger partial charge in [-0.25, -0.2) is 4.57 Å². The van der Waals surface area contributed by atoms with E-state index in [0.29, 0.717) is 30.3 Å². The molecule has 4 rings (SSSR count). The fourth-order valence-corrected chi connectivity index (χ4v) is 3.24. The van der Waals surface area contributed by atoms with E-state index in [1.54, 1.807) is 24.3 Å². The number of hydrogen-bond donors (Lipinski definition) is 3. The SMILES string of the molecule is CCOc1ccc(Nc2nc3nc(N)nc(N)c3c(=O)n2-c2ccc(OCC)cc2)cc1. The molecule has 0 unspecified atom stereocenters. The molecule has 32 heavy (non-hydrogen) atoms. The van der Waals surface area contributed by atoms with Crippen LogP contribution < -0.4 is 31.8 Å². The number of nitrogens with two attached hydrogens (primary N) is 2. The number of nitrogens with one attached hydrogen (secondary N) is 1. The molecule has 4 aromatic rings. The van der Waals surface area contributed by atoms with Crippen LogP contribution in [0.5, 0.6) is 11.5 Å². The van der Waals surface area contributed by atoms with E-state index in [0.717, 1.165) is 5.75 Å². The Kier molecular flexibility index (Phi) is 5.75. The Morgan fingerprint density at radius 3 is 2.06 bits per heavy atom. The average Bonchev–Trinajstić information content (AvgIpc) is 2.76. The molecule has 0 spiro atoms. The van der Waals surface area contributed by atoms with Crippen LogP contribution in [0.4, 0.5) is 23.4 Å². The molecule has 0 amide bonds. The molecule has 0 fully saturated rings. The van der Waals surface area contributed by atoms with Gasteiger partial charge in [0.1, 0.15) is 22.7 Å². The second kappa shape index (κ2) is 8.80. The Morgan fingerprint density at radius 1 is 0.875 bits per heavy atom. The fourth-order valence-electron chi connectivity index (χ4n) is 3.24. The number of benzene rings is 2. The van der Waals surface area contributed by atoms with Crippen molar-refractivity contribution in [3.05, 3.63) is 58.9 Å². The Labute approximate surface area is 183 Å². The van der Waals surface area contributed by atoms with Gasteiger partial charge in [0.05, 0.1) is 18.9 Å². The monoisotopic (exact) mass is 433 g/mol. The first-order valence-corrected chi connectivity index (χ1v) is 10.1. The highest BCUT2D eigenvalue weighted by atomic mass is 16.5. The van der Waals surface area contributed by atoms with E-state index in [1.807, 2.05) is 38.1 Å². The molecule has 2 heterocycles. The van der Waals surface area contributed by atoms with E-state index in [9.17, 15) is 4.79 Å². The molecule has 2 aromatic carbocycles. The number of nitrogens with zero attached hydrogens (tertiary/aromatic N) is 4. The summed E-state index contributed by atoms with van der Waals surface area (Å²) in [5.74, 6) is 1.58. The number of aromatic nitrogens is 4. The van der Waals surface area contributed by atoms with Gasteiger partial charge in [-0.3, -0.25) is 4.79 Å². The number of ether oxygens (including phenoxy) is 2. The average molecular weight is 433 g/mol. The zero-order chi connectivity index (χ0) is 22.7. The lowest BCUT2D eigenvalue weighted by atomic mass is 10.2. The number of rotatable bonds is 7. The highest BCUT2D eigenvalue weighted by Crippen LogP contribution is 2.24. The highest BCUT2D eigenvalue weighted by molar-refractivity contribution is 5.86. The van der Waals surface area contributed by atoms with E-state index in [4.69, 9.17) is 20.9 Å². The summed E-state index contributed by atoms with van der Waals surface area (Å²) in [4.78, 5) is 26.0. The van der Waals surface area contributed by atoms with E-state index in [2.05, 4.69) is 20.3 Å². The van der Waals surface area contributed by atoms with Gasteiger partial charge in [0, 0.05) is 5.69 Å². The first-order chi connectivity index (χ1) is 15.5. The summed E-state index contributed by atoms with van der Waals surface area (Å²) >= 11 is 0. The Hall–Kier alpha value is -4.34. The van der Waals surface area contributed by atoms with Crippen LogP contribution in [0.25, 0.3) is 16.7 Å². The smallest absolute Gasteiger partial charge is 0.272 e. The summed E-state index contributed by atoms with van der Waals surface area (Å²) in [6.07, 6.45) is 0. The molecule has 5 N–H and O–H groups in total. The van der Waals surface area contributed by atoms with Gasteiger partial charge in [0.15, 0.2) is 5.65 Å². The lowest BCUT2D eigenvalue weighted by Crippen LogP contribution is -2.24. The first kappa shape index (κ1) is 20.9. The number of anilines is 4. The summed E-state index contributed by atoms with van der Waals surface area (Å²) in [7, 11) is 0. The van der Waals surface area contributed by atoms with E-state index < -0.39 is 5.56 Å². The number of fused-ring (bicyclic) bond motifs is 1. The van der Waals surface area contributed by atoms with Crippen LogP contribution in [-0.4, -0.2) is 32.7 Å². The third kappa shape index (κ3) is 4.10. The normalized spacial score (nSPS) is 10.8. The molecular formula is C22H23N7O3. The van der Waals surface area contributed by atoms with Gasteiger partial charge in [-0.05, 0) is 62.4 Å². The van der Waals surface area contributed by atoms with Crippen molar-refractivity contribution in [3.8, 4) is 17.2 Å². The molecule has 0 bridgehead atoms. The third-order valence-electron chi connectivity index (χ3n) is 4.60. The lowest BCUT2D eigenvalue weighted by Gasteiger charge is -2.16. The topological polar surface area (TPSA) is 143 Å². The molecule has 0 radical (unpaired) electrons. The van der Waals surface area contributed by atoms with Crippen LogP contribution >= 0.6 is 0 Å². The van der Waals surface area contributed by atoms with E-state index in [1.165, 1.54) is 4.57 Å². The zero-order valence-corrected chi connectivity index (χ0v) is 17.7. The molecule has 10 heteroatoms. The van der Waals surface area contributed by atoms with Crippen LogP contribution in [0.2, 0.25) is 0 Å². The van der Waals surface area contributed by atoms with E-state index in [-0.39, 0.29) is 28.7 Å². The van der Waals surface area contributed by atoms with Gasteiger partial charge in [-0.2, -0.15) is 15.0 Å². The molecule has 0 atom stereocenters. The predicted octanol–water partition coefficient (Wildman–Crippen LogP) is 2.88. The quantitative estimate of drug-likeness (QED) is 0.401. The van der Waals surface area contributed by atoms with Gasteiger partial charge in [-0.15, -0.1) is 0 Å². The van der Waals surface area contributed by atoms with Gasteiger partial charge >= 0.3 is 0 Å². The van der Waals surface area contributed by atoms with Crippen molar-refractivity contribution in [2.24, 2.45) is 0 Å². The molecule has 164 valence electrons. The minimum atomic E-state index is -0.426. The lowest BCUT2D eigenvalue weighted by molar-refractivity contribution is 0.340.